The summed E-state index contributed by atoms with van der Waals surface area (Å²) in [6.07, 6.45) is 0.713. The van der Waals surface area contributed by atoms with Crippen molar-refractivity contribution in [3.8, 4) is 11.5 Å². The summed E-state index contributed by atoms with van der Waals surface area (Å²) in [5.74, 6) is 1.67. The Morgan fingerprint density at radius 2 is 1.75 bits per heavy atom. The van der Waals surface area contributed by atoms with Gasteiger partial charge in [0.1, 0.15) is 11.5 Å². The molecule has 0 amide bonds. The van der Waals surface area contributed by atoms with Gasteiger partial charge in [-0.3, -0.25) is 0 Å². The number of hydrogen-bond donors (Lipinski definition) is 1. The first-order chi connectivity index (χ1) is 9.56. The third kappa shape index (κ3) is 3.11. The molecule has 0 bridgehead atoms. The topological polar surface area (TPSA) is 44.5 Å². The van der Waals surface area contributed by atoms with Crippen molar-refractivity contribution >= 4 is 0 Å². The SMILES string of the molecule is COc1cccc(CC(C)(N)c2ccccc2OC)c1. The summed E-state index contributed by atoms with van der Waals surface area (Å²) in [7, 11) is 3.33. The van der Waals surface area contributed by atoms with Crippen LogP contribution in [0.25, 0.3) is 0 Å². The fourth-order valence-electron chi connectivity index (χ4n) is 2.42. The molecule has 0 saturated heterocycles. The fourth-order valence-corrected chi connectivity index (χ4v) is 2.42. The Balaban J connectivity index is 2.30. The van der Waals surface area contributed by atoms with Crippen LogP contribution in [0.1, 0.15) is 18.1 Å². The molecular weight excluding hydrogens is 250 g/mol. The lowest BCUT2D eigenvalue weighted by Crippen LogP contribution is -2.35. The molecular formula is C17H21NO2. The maximum absolute atomic E-state index is 6.52. The lowest BCUT2D eigenvalue weighted by molar-refractivity contribution is 0.385. The molecule has 2 aromatic rings. The molecule has 2 N–H and O–H groups in total. The molecule has 0 fully saturated rings. The average Bonchev–Trinajstić information content (AvgIpc) is 2.47. The summed E-state index contributed by atoms with van der Waals surface area (Å²) in [6.45, 7) is 2.02. The minimum Gasteiger partial charge on any atom is -0.497 e. The molecule has 3 heteroatoms. The van der Waals surface area contributed by atoms with Crippen LogP contribution in [-0.4, -0.2) is 14.2 Å². The average molecular weight is 271 g/mol. The maximum Gasteiger partial charge on any atom is 0.123 e. The maximum atomic E-state index is 6.52. The van der Waals surface area contributed by atoms with E-state index in [-0.39, 0.29) is 0 Å². The van der Waals surface area contributed by atoms with Crippen molar-refractivity contribution in [1.29, 1.82) is 0 Å². The van der Waals surface area contributed by atoms with Crippen LogP contribution in [0.15, 0.2) is 48.5 Å². The molecule has 1 atom stereocenters. The summed E-state index contributed by atoms with van der Waals surface area (Å²) >= 11 is 0. The van der Waals surface area contributed by atoms with Crippen LogP contribution in [0.5, 0.6) is 11.5 Å². The van der Waals surface area contributed by atoms with Gasteiger partial charge in [-0.05, 0) is 37.1 Å². The smallest absolute Gasteiger partial charge is 0.123 e. The van der Waals surface area contributed by atoms with Crippen molar-refractivity contribution in [2.45, 2.75) is 18.9 Å². The van der Waals surface area contributed by atoms with Crippen LogP contribution >= 0.6 is 0 Å². The molecule has 0 aliphatic carbocycles. The second kappa shape index (κ2) is 5.97. The summed E-state index contributed by atoms with van der Waals surface area (Å²) in [5.41, 5.74) is 8.16. The minimum absolute atomic E-state index is 0.501. The van der Waals surface area contributed by atoms with Crippen molar-refractivity contribution in [2.75, 3.05) is 14.2 Å². The summed E-state index contributed by atoms with van der Waals surface area (Å²) in [4.78, 5) is 0. The molecule has 0 aliphatic rings. The number of rotatable bonds is 5. The lowest BCUT2D eigenvalue weighted by atomic mass is 9.86. The van der Waals surface area contributed by atoms with Gasteiger partial charge in [0.05, 0.1) is 14.2 Å². The van der Waals surface area contributed by atoms with Crippen molar-refractivity contribution in [1.82, 2.24) is 0 Å². The molecule has 0 spiro atoms. The number of hydrogen-bond acceptors (Lipinski definition) is 3. The van der Waals surface area contributed by atoms with Gasteiger partial charge < -0.3 is 15.2 Å². The van der Waals surface area contributed by atoms with E-state index in [0.717, 1.165) is 22.6 Å². The van der Waals surface area contributed by atoms with E-state index in [2.05, 4.69) is 6.07 Å². The van der Waals surface area contributed by atoms with Gasteiger partial charge in [-0.1, -0.05) is 30.3 Å². The summed E-state index contributed by atoms with van der Waals surface area (Å²) in [6, 6.07) is 15.9. The highest BCUT2D eigenvalue weighted by Gasteiger charge is 2.25. The van der Waals surface area contributed by atoms with E-state index in [9.17, 15) is 0 Å². The number of nitrogens with two attached hydrogens (primary N) is 1. The third-order valence-corrected chi connectivity index (χ3v) is 3.43. The van der Waals surface area contributed by atoms with E-state index in [0.29, 0.717) is 6.42 Å². The molecule has 2 rings (SSSR count). The molecule has 20 heavy (non-hydrogen) atoms. The van der Waals surface area contributed by atoms with Crippen LogP contribution in [-0.2, 0) is 12.0 Å². The molecule has 1 unspecified atom stereocenters. The van der Waals surface area contributed by atoms with Gasteiger partial charge in [-0.25, -0.2) is 0 Å². The number of benzene rings is 2. The molecule has 0 aromatic heterocycles. The molecule has 0 saturated carbocycles. The van der Waals surface area contributed by atoms with Crippen molar-refractivity contribution in [3.05, 3.63) is 59.7 Å². The van der Waals surface area contributed by atoms with Crippen molar-refractivity contribution in [3.63, 3.8) is 0 Å². The highest BCUT2D eigenvalue weighted by atomic mass is 16.5. The normalized spacial score (nSPS) is 13.6. The molecule has 2 aromatic carbocycles. The van der Waals surface area contributed by atoms with E-state index in [1.807, 2.05) is 49.4 Å². The van der Waals surface area contributed by atoms with Crippen molar-refractivity contribution < 1.29 is 9.47 Å². The van der Waals surface area contributed by atoms with Crippen LogP contribution in [0.4, 0.5) is 0 Å². The van der Waals surface area contributed by atoms with E-state index in [1.54, 1.807) is 14.2 Å². The van der Waals surface area contributed by atoms with Crippen molar-refractivity contribution in [2.24, 2.45) is 5.73 Å². The number of methoxy groups -OCH3 is 2. The van der Waals surface area contributed by atoms with Gasteiger partial charge in [0.2, 0.25) is 0 Å². The zero-order valence-electron chi connectivity index (χ0n) is 12.2. The van der Waals surface area contributed by atoms with E-state index in [4.69, 9.17) is 15.2 Å². The van der Waals surface area contributed by atoms with Crippen LogP contribution in [0.2, 0.25) is 0 Å². The fraction of sp³-hybridized carbons (Fsp3) is 0.294. The molecule has 0 radical (unpaired) electrons. The largest absolute Gasteiger partial charge is 0.497 e. The predicted octanol–water partition coefficient (Wildman–Crippen LogP) is 3.12. The summed E-state index contributed by atoms with van der Waals surface area (Å²) < 4.78 is 10.7. The Bertz CT molecular complexity index is 579. The zero-order chi connectivity index (χ0) is 14.6. The van der Waals surface area contributed by atoms with Gasteiger partial charge in [0.15, 0.2) is 0 Å². The number of ether oxygens (including phenoxy) is 2. The van der Waals surface area contributed by atoms with Crippen LogP contribution < -0.4 is 15.2 Å². The Morgan fingerprint density at radius 1 is 1.00 bits per heavy atom. The van der Waals surface area contributed by atoms with E-state index in [1.165, 1.54) is 0 Å². The minimum atomic E-state index is -0.501. The molecule has 0 aliphatic heterocycles. The number of para-hydroxylation sites is 1. The third-order valence-electron chi connectivity index (χ3n) is 3.43. The standard InChI is InChI=1S/C17H21NO2/c1-17(18,15-9-4-5-10-16(15)20-3)12-13-7-6-8-14(11-13)19-2/h4-11H,12,18H2,1-3H3. The van der Waals surface area contributed by atoms with Crippen LogP contribution in [0.3, 0.4) is 0 Å². The van der Waals surface area contributed by atoms with Gasteiger partial charge in [-0.15, -0.1) is 0 Å². The van der Waals surface area contributed by atoms with Gasteiger partial charge in [0.25, 0.3) is 0 Å². The first kappa shape index (κ1) is 14.4. The van der Waals surface area contributed by atoms with E-state index < -0.39 is 5.54 Å². The Hall–Kier alpha value is -2.00. The first-order valence-corrected chi connectivity index (χ1v) is 6.62. The van der Waals surface area contributed by atoms with Gasteiger partial charge in [0, 0.05) is 11.1 Å². The second-order valence-corrected chi connectivity index (χ2v) is 5.15. The molecule has 3 nitrogen and oxygen atoms in total. The van der Waals surface area contributed by atoms with E-state index >= 15 is 0 Å². The predicted molar refractivity (Wildman–Crippen MR) is 81.2 cm³/mol. The van der Waals surface area contributed by atoms with Crippen LogP contribution in [0, 0.1) is 0 Å². The molecule has 106 valence electrons. The Morgan fingerprint density at radius 3 is 2.45 bits per heavy atom. The Kier molecular flexibility index (Phi) is 4.30. The Labute approximate surface area is 120 Å². The van der Waals surface area contributed by atoms with Gasteiger partial charge >= 0.3 is 0 Å². The first-order valence-electron chi connectivity index (χ1n) is 6.62. The van der Waals surface area contributed by atoms with Gasteiger partial charge in [-0.2, -0.15) is 0 Å². The molecule has 0 heterocycles. The summed E-state index contributed by atoms with van der Waals surface area (Å²) in [5, 5.41) is 0. The highest BCUT2D eigenvalue weighted by molar-refractivity contribution is 5.40. The zero-order valence-corrected chi connectivity index (χ0v) is 12.2. The lowest BCUT2D eigenvalue weighted by Gasteiger charge is -2.27. The second-order valence-electron chi connectivity index (χ2n) is 5.15. The quantitative estimate of drug-likeness (QED) is 0.908. The highest BCUT2D eigenvalue weighted by Crippen LogP contribution is 2.31. The monoisotopic (exact) mass is 271 g/mol.